The number of para-hydroxylation sites is 2. The molecule has 1 N–H and O–H groups in total. The Bertz CT molecular complexity index is 1300. The van der Waals surface area contributed by atoms with Gasteiger partial charge in [0.25, 0.3) is 10.0 Å². The highest BCUT2D eigenvalue weighted by Crippen LogP contribution is 2.31. The van der Waals surface area contributed by atoms with Gasteiger partial charge in [-0.1, -0.05) is 65.7 Å². The molecule has 4 rings (SSSR count). The Kier molecular flexibility index (Phi) is 5.13. The molecule has 3 aromatic carbocycles. The van der Waals surface area contributed by atoms with Gasteiger partial charge in [0.2, 0.25) is 0 Å². The maximum Gasteiger partial charge on any atom is 0.276 e. The number of hydrogen-bond donors (Lipinski definition) is 1. The van der Waals surface area contributed by atoms with E-state index in [0.717, 1.165) is 22.2 Å². The summed E-state index contributed by atoms with van der Waals surface area (Å²) in [6, 6.07) is 24.0. The first-order chi connectivity index (χ1) is 14.0. The average Bonchev–Trinajstić information content (AvgIpc) is 3.00. The molecule has 0 radical (unpaired) electrons. The number of aryl methyl sites for hydroxylation is 1. The van der Waals surface area contributed by atoms with E-state index < -0.39 is 10.0 Å². The highest BCUT2D eigenvalue weighted by Gasteiger charge is 2.16. The molecule has 0 saturated carbocycles. The number of nitrogens with one attached hydrogen (secondary N) is 1. The summed E-state index contributed by atoms with van der Waals surface area (Å²) in [5.74, 6) is 0. The largest absolute Gasteiger partial charge is 0.300 e. The van der Waals surface area contributed by atoms with Crippen molar-refractivity contribution in [1.29, 1.82) is 0 Å². The second kappa shape index (κ2) is 7.73. The maximum atomic E-state index is 12.4. The molecular weight excluding hydrogens is 406 g/mol. The van der Waals surface area contributed by atoms with Crippen LogP contribution < -0.4 is 4.83 Å². The fraction of sp³-hybridized carbons (Fsp3) is 0.0455. The number of halogens is 1. The topological polar surface area (TPSA) is 63.5 Å². The Labute approximate surface area is 174 Å². The SMILES string of the molecule is Cc1ccc(S(=O)(=O)NN=Cc2c(Cl)n(-c3ccccc3)c3ccccc23)cc1. The lowest BCUT2D eigenvalue weighted by Gasteiger charge is -2.06. The first-order valence-corrected chi connectivity index (χ1v) is 10.8. The molecule has 146 valence electrons. The molecule has 0 fully saturated rings. The Morgan fingerprint density at radius 2 is 1.59 bits per heavy atom. The van der Waals surface area contributed by atoms with Crippen LogP contribution in [-0.4, -0.2) is 19.2 Å². The van der Waals surface area contributed by atoms with Crippen molar-refractivity contribution in [1.82, 2.24) is 9.40 Å². The highest BCUT2D eigenvalue weighted by atomic mass is 35.5. The molecule has 0 aliphatic carbocycles. The number of rotatable bonds is 5. The molecule has 29 heavy (non-hydrogen) atoms. The van der Waals surface area contributed by atoms with Crippen molar-refractivity contribution >= 4 is 38.7 Å². The van der Waals surface area contributed by atoms with Gasteiger partial charge in [-0.05, 0) is 37.3 Å². The van der Waals surface area contributed by atoms with Gasteiger partial charge < -0.3 is 0 Å². The van der Waals surface area contributed by atoms with Crippen LogP contribution in [0.3, 0.4) is 0 Å². The Morgan fingerprint density at radius 1 is 0.931 bits per heavy atom. The fourth-order valence-electron chi connectivity index (χ4n) is 3.12. The summed E-state index contributed by atoms with van der Waals surface area (Å²) in [7, 11) is -3.76. The summed E-state index contributed by atoms with van der Waals surface area (Å²) in [4.78, 5) is 2.41. The normalized spacial score (nSPS) is 11.9. The van der Waals surface area contributed by atoms with Gasteiger partial charge in [-0.2, -0.15) is 13.5 Å². The van der Waals surface area contributed by atoms with E-state index >= 15 is 0 Å². The standard InChI is InChI=1S/C22H18ClN3O2S/c1-16-11-13-18(14-12-16)29(27,28)25-24-15-20-19-9-5-6-10-21(19)26(22(20)23)17-7-3-2-4-8-17/h2-15,25H,1H3. The molecule has 0 bridgehead atoms. The predicted octanol–water partition coefficient (Wildman–Crippen LogP) is 4.90. The van der Waals surface area contributed by atoms with Crippen LogP contribution in [0.2, 0.25) is 5.15 Å². The molecule has 7 heteroatoms. The third-order valence-electron chi connectivity index (χ3n) is 4.57. The van der Waals surface area contributed by atoms with Crippen molar-refractivity contribution in [2.75, 3.05) is 0 Å². The monoisotopic (exact) mass is 423 g/mol. The fourth-order valence-corrected chi connectivity index (χ4v) is 4.25. The zero-order valence-electron chi connectivity index (χ0n) is 15.6. The first kappa shape index (κ1) is 19.2. The molecule has 0 atom stereocenters. The lowest BCUT2D eigenvalue weighted by molar-refractivity contribution is 0.584. The predicted molar refractivity (Wildman–Crippen MR) is 117 cm³/mol. The van der Waals surface area contributed by atoms with Crippen LogP contribution in [0.1, 0.15) is 11.1 Å². The molecule has 0 aliphatic rings. The minimum absolute atomic E-state index is 0.151. The third-order valence-corrected chi connectivity index (χ3v) is 6.18. The van der Waals surface area contributed by atoms with Crippen molar-refractivity contribution in [3.63, 3.8) is 0 Å². The molecular formula is C22H18ClN3O2S. The van der Waals surface area contributed by atoms with Gasteiger partial charge in [0.05, 0.1) is 16.6 Å². The molecule has 0 aliphatic heterocycles. The molecule has 0 spiro atoms. The van der Waals surface area contributed by atoms with E-state index in [0.29, 0.717) is 10.7 Å². The molecule has 0 amide bonds. The van der Waals surface area contributed by atoms with E-state index in [1.807, 2.05) is 66.1 Å². The number of hydrogen-bond acceptors (Lipinski definition) is 3. The third kappa shape index (κ3) is 3.77. The molecule has 0 unspecified atom stereocenters. The van der Waals surface area contributed by atoms with E-state index in [1.165, 1.54) is 6.21 Å². The smallest absolute Gasteiger partial charge is 0.276 e. The van der Waals surface area contributed by atoms with Crippen molar-refractivity contribution in [3.05, 3.63) is 95.1 Å². The number of benzene rings is 3. The minimum atomic E-state index is -3.76. The van der Waals surface area contributed by atoms with Crippen LogP contribution in [0.5, 0.6) is 0 Å². The van der Waals surface area contributed by atoms with E-state index in [2.05, 4.69) is 9.93 Å². The van der Waals surface area contributed by atoms with Gasteiger partial charge in [-0.15, -0.1) is 0 Å². The zero-order valence-corrected chi connectivity index (χ0v) is 17.2. The molecule has 5 nitrogen and oxygen atoms in total. The van der Waals surface area contributed by atoms with E-state index in [-0.39, 0.29) is 4.90 Å². The van der Waals surface area contributed by atoms with Crippen LogP contribution in [-0.2, 0) is 10.0 Å². The average molecular weight is 424 g/mol. The molecule has 0 saturated heterocycles. The lowest BCUT2D eigenvalue weighted by Crippen LogP contribution is -2.18. The molecule has 4 aromatic rings. The summed E-state index contributed by atoms with van der Waals surface area (Å²) in [6.07, 6.45) is 1.44. The van der Waals surface area contributed by atoms with Crippen LogP contribution in [0.25, 0.3) is 16.6 Å². The molecule has 1 aromatic heterocycles. The maximum absolute atomic E-state index is 12.4. The van der Waals surface area contributed by atoms with Crippen LogP contribution in [0.4, 0.5) is 0 Å². The van der Waals surface area contributed by atoms with Crippen molar-refractivity contribution in [3.8, 4) is 5.69 Å². The van der Waals surface area contributed by atoms with Gasteiger partial charge in [-0.3, -0.25) is 4.57 Å². The second-order valence-electron chi connectivity index (χ2n) is 6.56. The van der Waals surface area contributed by atoms with Crippen LogP contribution in [0.15, 0.2) is 88.9 Å². The molecule has 1 heterocycles. The van der Waals surface area contributed by atoms with Crippen molar-refractivity contribution in [2.24, 2.45) is 5.10 Å². The van der Waals surface area contributed by atoms with E-state index in [9.17, 15) is 8.42 Å². The van der Waals surface area contributed by atoms with Crippen molar-refractivity contribution in [2.45, 2.75) is 11.8 Å². The lowest BCUT2D eigenvalue weighted by atomic mass is 10.2. The van der Waals surface area contributed by atoms with Gasteiger partial charge in [0, 0.05) is 16.6 Å². The van der Waals surface area contributed by atoms with Gasteiger partial charge in [0.15, 0.2) is 0 Å². The number of aromatic nitrogens is 1. The Morgan fingerprint density at radius 3 is 2.31 bits per heavy atom. The second-order valence-corrected chi connectivity index (χ2v) is 8.58. The highest BCUT2D eigenvalue weighted by molar-refractivity contribution is 7.89. The first-order valence-electron chi connectivity index (χ1n) is 8.93. The summed E-state index contributed by atoms with van der Waals surface area (Å²) in [5, 5.41) is 5.30. The van der Waals surface area contributed by atoms with Gasteiger partial charge >= 0.3 is 0 Å². The van der Waals surface area contributed by atoms with Crippen molar-refractivity contribution < 1.29 is 8.42 Å². The summed E-state index contributed by atoms with van der Waals surface area (Å²) in [5.41, 5.74) is 3.44. The van der Waals surface area contributed by atoms with E-state index in [1.54, 1.807) is 24.3 Å². The van der Waals surface area contributed by atoms with Crippen LogP contribution in [0, 0.1) is 6.92 Å². The zero-order chi connectivity index (χ0) is 20.4. The number of fused-ring (bicyclic) bond motifs is 1. The minimum Gasteiger partial charge on any atom is -0.300 e. The number of nitrogens with zero attached hydrogens (tertiary/aromatic N) is 2. The quantitative estimate of drug-likeness (QED) is 0.366. The van der Waals surface area contributed by atoms with Gasteiger partial charge in [-0.25, -0.2) is 4.83 Å². The van der Waals surface area contributed by atoms with Gasteiger partial charge in [0.1, 0.15) is 5.15 Å². The number of sulfonamides is 1. The Balaban J connectivity index is 1.72. The number of hydrazone groups is 1. The van der Waals surface area contributed by atoms with E-state index in [4.69, 9.17) is 11.6 Å². The Hall–Kier alpha value is -3.09. The summed E-state index contributed by atoms with van der Waals surface area (Å²) >= 11 is 6.67. The summed E-state index contributed by atoms with van der Waals surface area (Å²) < 4.78 is 26.8. The summed E-state index contributed by atoms with van der Waals surface area (Å²) in [6.45, 7) is 1.90. The van der Waals surface area contributed by atoms with Crippen LogP contribution >= 0.6 is 11.6 Å².